The molecule has 0 atom stereocenters. The van der Waals surface area contributed by atoms with Crippen molar-refractivity contribution in [1.82, 2.24) is 9.29 Å². The van der Waals surface area contributed by atoms with Crippen LogP contribution in [0.15, 0.2) is 63.9 Å². The number of nitrogens with one attached hydrogen (secondary N) is 1. The Bertz CT molecular complexity index is 1070. The third-order valence-corrected chi connectivity index (χ3v) is 6.46. The molecule has 1 N–H and O–H groups in total. The van der Waals surface area contributed by atoms with Gasteiger partial charge in [-0.1, -0.05) is 12.1 Å². The monoisotopic (exact) mass is 416 g/mol. The van der Waals surface area contributed by atoms with Crippen LogP contribution in [0.25, 0.3) is 11.3 Å². The second-order valence-electron chi connectivity index (χ2n) is 6.00. The second kappa shape index (κ2) is 8.51. The Hall–Kier alpha value is -2.75. The number of hydrogen-bond donors (Lipinski definition) is 1. The molecule has 0 aliphatic rings. The van der Waals surface area contributed by atoms with E-state index in [2.05, 4.69) is 15.5 Å². The van der Waals surface area contributed by atoms with Crippen molar-refractivity contribution < 1.29 is 13.2 Å². The number of sulfonamides is 1. The molecule has 1 aromatic heterocycles. The van der Waals surface area contributed by atoms with E-state index in [4.69, 9.17) is 4.74 Å². The Balaban J connectivity index is 1.72. The van der Waals surface area contributed by atoms with E-state index in [1.54, 1.807) is 31.5 Å². The lowest BCUT2D eigenvalue weighted by atomic mass is 10.2. The van der Waals surface area contributed by atoms with E-state index >= 15 is 0 Å². The number of methoxy groups -OCH3 is 1. The Morgan fingerprint density at radius 1 is 1.18 bits per heavy atom. The second-order valence-corrected chi connectivity index (χ2v) is 9.01. The fourth-order valence-electron chi connectivity index (χ4n) is 2.34. The van der Waals surface area contributed by atoms with Crippen LogP contribution in [0, 0.1) is 0 Å². The van der Waals surface area contributed by atoms with Crippen LogP contribution in [0.1, 0.15) is 5.56 Å². The van der Waals surface area contributed by atoms with Crippen LogP contribution in [-0.2, 0) is 10.0 Å². The highest BCUT2D eigenvalue weighted by molar-refractivity contribution is 7.89. The van der Waals surface area contributed by atoms with Gasteiger partial charge in [0.2, 0.25) is 15.2 Å². The number of aromatic nitrogens is 1. The standard InChI is InChI=1S/C19H20N4O3S2/c1-23(2)28(24,25)17-6-4-5-15(11-17)18-13-27-19(21-18)22-20-12-14-7-9-16(26-3)10-8-14/h4-13H,1-3H3,(H,21,22). The van der Waals surface area contributed by atoms with E-state index < -0.39 is 10.0 Å². The zero-order valence-electron chi connectivity index (χ0n) is 15.7. The SMILES string of the molecule is COc1ccc(C=NNc2nc(-c3cccc(S(=O)(=O)N(C)C)c3)cs2)cc1. The summed E-state index contributed by atoms with van der Waals surface area (Å²) in [6.07, 6.45) is 1.69. The molecule has 146 valence electrons. The molecule has 7 nitrogen and oxygen atoms in total. The van der Waals surface area contributed by atoms with Gasteiger partial charge in [0.05, 0.1) is 23.9 Å². The fraction of sp³-hybridized carbons (Fsp3) is 0.158. The van der Waals surface area contributed by atoms with Crippen molar-refractivity contribution in [2.24, 2.45) is 5.10 Å². The van der Waals surface area contributed by atoms with Crippen LogP contribution in [0.3, 0.4) is 0 Å². The Morgan fingerprint density at radius 2 is 1.93 bits per heavy atom. The average molecular weight is 417 g/mol. The molecule has 0 fully saturated rings. The summed E-state index contributed by atoms with van der Waals surface area (Å²) < 4.78 is 30.9. The molecule has 0 bridgehead atoms. The van der Waals surface area contributed by atoms with Gasteiger partial charge in [-0.05, 0) is 42.0 Å². The van der Waals surface area contributed by atoms with Crippen molar-refractivity contribution in [3.63, 3.8) is 0 Å². The van der Waals surface area contributed by atoms with Gasteiger partial charge in [-0.2, -0.15) is 5.10 Å². The van der Waals surface area contributed by atoms with Gasteiger partial charge < -0.3 is 4.74 Å². The van der Waals surface area contributed by atoms with Crippen molar-refractivity contribution >= 4 is 32.7 Å². The summed E-state index contributed by atoms with van der Waals surface area (Å²) >= 11 is 1.39. The number of hydrogen-bond acceptors (Lipinski definition) is 7. The molecular formula is C19H20N4O3S2. The lowest BCUT2D eigenvalue weighted by Crippen LogP contribution is -2.22. The summed E-state index contributed by atoms with van der Waals surface area (Å²) in [6.45, 7) is 0. The van der Waals surface area contributed by atoms with Gasteiger partial charge >= 0.3 is 0 Å². The molecule has 28 heavy (non-hydrogen) atoms. The number of anilines is 1. The fourth-order valence-corrected chi connectivity index (χ4v) is 3.95. The van der Waals surface area contributed by atoms with E-state index in [0.717, 1.165) is 16.9 Å². The van der Waals surface area contributed by atoms with E-state index in [9.17, 15) is 8.42 Å². The Morgan fingerprint density at radius 3 is 2.61 bits per heavy atom. The normalized spacial score (nSPS) is 11.9. The molecule has 9 heteroatoms. The van der Waals surface area contributed by atoms with Gasteiger partial charge in [-0.25, -0.2) is 17.7 Å². The van der Waals surface area contributed by atoms with Crippen LogP contribution in [0.5, 0.6) is 5.75 Å². The first-order chi connectivity index (χ1) is 13.4. The van der Waals surface area contributed by atoms with Crippen molar-refractivity contribution in [3.05, 3.63) is 59.5 Å². The van der Waals surface area contributed by atoms with E-state index in [0.29, 0.717) is 10.8 Å². The molecule has 1 heterocycles. The van der Waals surface area contributed by atoms with E-state index in [-0.39, 0.29) is 4.90 Å². The highest BCUT2D eigenvalue weighted by Crippen LogP contribution is 2.27. The molecule has 0 unspecified atom stereocenters. The van der Waals surface area contributed by atoms with Crippen LogP contribution in [0.2, 0.25) is 0 Å². The average Bonchev–Trinajstić information content (AvgIpc) is 3.17. The molecule has 0 aliphatic heterocycles. The van der Waals surface area contributed by atoms with Crippen LogP contribution in [0.4, 0.5) is 5.13 Å². The van der Waals surface area contributed by atoms with Gasteiger partial charge in [0.1, 0.15) is 5.75 Å². The largest absolute Gasteiger partial charge is 0.497 e. The van der Waals surface area contributed by atoms with Gasteiger partial charge in [0.15, 0.2) is 0 Å². The summed E-state index contributed by atoms with van der Waals surface area (Å²) in [5, 5.41) is 6.65. The molecule has 0 aliphatic carbocycles. The maximum absolute atomic E-state index is 12.3. The maximum Gasteiger partial charge on any atom is 0.242 e. The summed E-state index contributed by atoms with van der Waals surface area (Å²) in [7, 11) is 1.15. The molecule has 0 saturated heterocycles. The predicted molar refractivity (Wildman–Crippen MR) is 113 cm³/mol. The highest BCUT2D eigenvalue weighted by atomic mass is 32.2. The van der Waals surface area contributed by atoms with Gasteiger partial charge in [-0.15, -0.1) is 11.3 Å². The molecule has 0 saturated carbocycles. The van der Waals surface area contributed by atoms with Crippen molar-refractivity contribution in [1.29, 1.82) is 0 Å². The minimum absolute atomic E-state index is 0.232. The molecule has 0 spiro atoms. The molecular weight excluding hydrogens is 396 g/mol. The van der Waals surface area contributed by atoms with Crippen LogP contribution < -0.4 is 10.2 Å². The smallest absolute Gasteiger partial charge is 0.242 e. The Kier molecular flexibility index (Phi) is 6.08. The highest BCUT2D eigenvalue weighted by Gasteiger charge is 2.18. The number of nitrogens with zero attached hydrogens (tertiary/aromatic N) is 3. The third kappa shape index (κ3) is 4.56. The predicted octanol–water partition coefficient (Wildman–Crippen LogP) is 3.52. The summed E-state index contributed by atoms with van der Waals surface area (Å²) in [5.41, 5.74) is 5.23. The number of thiazole rings is 1. The quantitative estimate of drug-likeness (QED) is 0.471. The summed E-state index contributed by atoms with van der Waals surface area (Å²) in [4.78, 5) is 4.70. The van der Waals surface area contributed by atoms with E-state index in [1.165, 1.54) is 29.7 Å². The van der Waals surface area contributed by atoms with Gasteiger partial charge in [0.25, 0.3) is 0 Å². The van der Waals surface area contributed by atoms with E-state index in [1.807, 2.05) is 35.7 Å². The molecule has 3 aromatic rings. The molecule has 0 radical (unpaired) electrons. The first-order valence-electron chi connectivity index (χ1n) is 8.32. The van der Waals surface area contributed by atoms with Crippen molar-refractivity contribution in [3.8, 4) is 17.0 Å². The van der Waals surface area contributed by atoms with Crippen molar-refractivity contribution in [2.75, 3.05) is 26.6 Å². The van der Waals surface area contributed by atoms with Crippen LogP contribution >= 0.6 is 11.3 Å². The lowest BCUT2D eigenvalue weighted by molar-refractivity contribution is 0.415. The lowest BCUT2D eigenvalue weighted by Gasteiger charge is -2.11. The van der Waals surface area contributed by atoms with Crippen LogP contribution in [-0.4, -0.2) is 45.1 Å². The first kappa shape index (κ1) is 20.0. The molecule has 3 rings (SSSR count). The minimum Gasteiger partial charge on any atom is -0.497 e. The number of benzene rings is 2. The third-order valence-electron chi connectivity index (χ3n) is 3.90. The number of ether oxygens (including phenoxy) is 1. The maximum atomic E-state index is 12.3. The minimum atomic E-state index is -3.49. The summed E-state index contributed by atoms with van der Waals surface area (Å²) in [6, 6.07) is 14.2. The molecule has 0 amide bonds. The number of rotatable bonds is 7. The Labute approximate surface area is 168 Å². The zero-order valence-corrected chi connectivity index (χ0v) is 17.3. The summed E-state index contributed by atoms with van der Waals surface area (Å²) in [5.74, 6) is 0.785. The first-order valence-corrected chi connectivity index (χ1v) is 10.6. The zero-order chi connectivity index (χ0) is 20.1. The molecule has 2 aromatic carbocycles. The number of hydrazone groups is 1. The van der Waals surface area contributed by atoms with Crippen molar-refractivity contribution in [2.45, 2.75) is 4.90 Å². The van der Waals surface area contributed by atoms with Gasteiger partial charge in [-0.3, -0.25) is 5.43 Å². The van der Waals surface area contributed by atoms with Gasteiger partial charge in [0, 0.05) is 25.0 Å². The topological polar surface area (TPSA) is 83.9 Å².